The van der Waals surface area contributed by atoms with Gasteiger partial charge in [0, 0.05) is 25.2 Å². The lowest BCUT2D eigenvalue weighted by Crippen LogP contribution is -2.23. The molecule has 0 bridgehead atoms. The number of benzene rings is 1. The summed E-state index contributed by atoms with van der Waals surface area (Å²) in [4.78, 5) is 10.1. The molecule has 0 aliphatic rings. The van der Waals surface area contributed by atoms with Crippen molar-refractivity contribution >= 4 is 5.69 Å². The predicted molar refractivity (Wildman–Crippen MR) is 75.5 cm³/mol. The molecule has 2 N–H and O–H groups in total. The maximum atomic E-state index is 10.6. The molecule has 21 heavy (non-hydrogen) atoms. The number of aromatic nitrogens is 3. The predicted octanol–water partition coefficient (Wildman–Crippen LogP) is 1.03. The third-order valence-corrected chi connectivity index (χ3v) is 3.15. The van der Waals surface area contributed by atoms with Crippen LogP contribution in [0, 0.1) is 10.1 Å². The van der Waals surface area contributed by atoms with Gasteiger partial charge in [-0.2, -0.15) is 0 Å². The lowest BCUT2D eigenvalue weighted by Gasteiger charge is -2.12. The molecule has 8 nitrogen and oxygen atoms in total. The van der Waals surface area contributed by atoms with E-state index in [1.807, 2.05) is 11.5 Å². The van der Waals surface area contributed by atoms with Crippen molar-refractivity contribution in [1.82, 2.24) is 20.1 Å². The molecule has 0 aliphatic carbocycles. The molecule has 2 aromatic rings. The van der Waals surface area contributed by atoms with Gasteiger partial charge in [0.2, 0.25) is 0 Å². The molecule has 112 valence electrons. The van der Waals surface area contributed by atoms with E-state index in [1.165, 1.54) is 12.1 Å². The highest BCUT2D eigenvalue weighted by Crippen LogP contribution is 2.17. The van der Waals surface area contributed by atoms with Crippen LogP contribution in [-0.4, -0.2) is 31.3 Å². The Balaban J connectivity index is 1.87. The molecular formula is C13H17N5O3. The van der Waals surface area contributed by atoms with Crippen molar-refractivity contribution in [3.05, 3.63) is 52.1 Å². The maximum absolute atomic E-state index is 10.6. The Morgan fingerprint density at radius 1 is 1.43 bits per heavy atom. The number of hydrogen-bond donors (Lipinski definition) is 2. The van der Waals surface area contributed by atoms with Gasteiger partial charge in [-0.1, -0.05) is 0 Å². The van der Waals surface area contributed by atoms with Gasteiger partial charge in [-0.05, 0) is 24.6 Å². The Kier molecular flexibility index (Phi) is 4.96. The summed E-state index contributed by atoms with van der Waals surface area (Å²) in [5.41, 5.74) is 0.639. The minimum atomic E-state index is -0.733. The molecule has 1 heterocycles. The van der Waals surface area contributed by atoms with Crippen LogP contribution in [0.25, 0.3) is 0 Å². The van der Waals surface area contributed by atoms with E-state index in [2.05, 4.69) is 15.5 Å². The van der Waals surface area contributed by atoms with Crippen LogP contribution in [0.4, 0.5) is 5.69 Å². The number of aliphatic hydroxyl groups excluding tert-OH is 1. The summed E-state index contributed by atoms with van der Waals surface area (Å²) in [7, 11) is 0. The van der Waals surface area contributed by atoms with E-state index in [4.69, 9.17) is 0 Å². The molecule has 0 radical (unpaired) electrons. The van der Waals surface area contributed by atoms with Crippen molar-refractivity contribution in [2.45, 2.75) is 26.1 Å². The van der Waals surface area contributed by atoms with Crippen LogP contribution >= 0.6 is 0 Å². The van der Waals surface area contributed by atoms with E-state index in [9.17, 15) is 15.2 Å². The number of non-ortho nitro benzene ring substituents is 1. The third kappa shape index (κ3) is 3.83. The highest BCUT2D eigenvalue weighted by atomic mass is 16.6. The van der Waals surface area contributed by atoms with Crippen LogP contribution in [0.1, 0.15) is 24.4 Å². The van der Waals surface area contributed by atoms with Crippen molar-refractivity contribution < 1.29 is 10.0 Å². The van der Waals surface area contributed by atoms with E-state index in [0.29, 0.717) is 18.7 Å². The molecule has 0 saturated heterocycles. The van der Waals surface area contributed by atoms with Crippen LogP contribution in [0.3, 0.4) is 0 Å². The van der Waals surface area contributed by atoms with E-state index in [-0.39, 0.29) is 5.69 Å². The van der Waals surface area contributed by atoms with Crippen LogP contribution in [0.5, 0.6) is 0 Å². The van der Waals surface area contributed by atoms with Crippen molar-refractivity contribution in [1.29, 1.82) is 0 Å². The number of rotatable bonds is 7. The SMILES string of the molecule is CCn1cnnc1CNCC(O)c1ccc([N+](=O)[O-])cc1. The van der Waals surface area contributed by atoms with Crippen molar-refractivity contribution in [3.8, 4) is 0 Å². The van der Waals surface area contributed by atoms with E-state index in [1.54, 1.807) is 18.5 Å². The fraction of sp³-hybridized carbons (Fsp3) is 0.385. The van der Waals surface area contributed by atoms with Crippen LogP contribution in [-0.2, 0) is 13.1 Å². The second-order valence-corrected chi connectivity index (χ2v) is 4.53. The Labute approximate surface area is 121 Å². The zero-order chi connectivity index (χ0) is 15.2. The first-order valence-corrected chi connectivity index (χ1v) is 6.61. The van der Waals surface area contributed by atoms with Crippen molar-refractivity contribution in [3.63, 3.8) is 0 Å². The molecule has 1 aromatic heterocycles. The summed E-state index contributed by atoms with van der Waals surface area (Å²) in [6, 6.07) is 5.87. The highest BCUT2D eigenvalue weighted by molar-refractivity contribution is 5.33. The largest absolute Gasteiger partial charge is 0.387 e. The Morgan fingerprint density at radius 3 is 2.76 bits per heavy atom. The van der Waals surface area contributed by atoms with Crippen LogP contribution in [0.2, 0.25) is 0 Å². The summed E-state index contributed by atoms with van der Waals surface area (Å²) in [6.07, 6.45) is 0.924. The average Bonchev–Trinajstić information content (AvgIpc) is 2.94. The molecule has 0 spiro atoms. The summed E-state index contributed by atoms with van der Waals surface area (Å²) < 4.78 is 1.91. The maximum Gasteiger partial charge on any atom is 0.269 e. The normalized spacial score (nSPS) is 12.3. The molecule has 0 saturated carbocycles. The zero-order valence-electron chi connectivity index (χ0n) is 11.6. The van der Waals surface area contributed by atoms with Crippen molar-refractivity contribution in [2.75, 3.05) is 6.54 Å². The summed E-state index contributed by atoms with van der Waals surface area (Å²) >= 11 is 0. The van der Waals surface area contributed by atoms with Gasteiger partial charge < -0.3 is 15.0 Å². The Bertz CT molecular complexity index is 596. The molecule has 0 aliphatic heterocycles. The third-order valence-electron chi connectivity index (χ3n) is 3.15. The second-order valence-electron chi connectivity index (χ2n) is 4.53. The molecular weight excluding hydrogens is 274 g/mol. The van der Waals surface area contributed by atoms with Gasteiger partial charge in [0.1, 0.15) is 12.2 Å². The van der Waals surface area contributed by atoms with Gasteiger partial charge >= 0.3 is 0 Å². The smallest absolute Gasteiger partial charge is 0.269 e. The summed E-state index contributed by atoms with van der Waals surface area (Å²) in [6.45, 7) is 3.61. The van der Waals surface area contributed by atoms with E-state index in [0.717, 1.165) is 12.4 Å². The first-order chi connectivity index (χ1) is 10.1. The van der Waals surface area contributed by atoms with E-state index >= 15 is 0 Å². The Morgan fingerprint density at radius 2 is 2.14 bits per heavy atom. The van der Waals surface area contributed by atoms with Gasteiger partial charge in [0.25, 0.3) is 5.69 Å². The minimum Gasteiger partial charge on any atom is -0.387 e. The molecule has 1 atom stereocenters. The van der Waals surface area contributed by atoms with E-state index < -0.39 is 11.0 Å². The fourth-order valence-electron chi connectivity index (χ4n) is 1.94. The molecule has 0 fully saturated rings. The zero-order valence-corrected chi connectivity index (χ0v) is 11.6. The molecule has 1 unspecified atom stereocenters. The highest BCUT2D eigenvalue weighted by Gasteiger charge is 2.11. The van der Waals surface area contributed by atoms with Gasteiger partial charge in [0.05, 0.1) is 17.6 Å². The fourth-order valence-corrected chi connectivity index (χ4v) is 1.94. The average molecular weight is 291 g/mol. The summed E-state index contributed by atoms with van der Waals surface area (Å²) in [5.74, 6) is 0.799. The first kappa shape index (κ1) is 15.1. The topological polar surface area (TPSA) is 106 Å². The lowest BCUT2D eigenvalue weighted by molar-refractivity contribution is -0.384. The van der Waals surface area contributed by atoms with Gasteiger partial charge in [0.15, 0.2) is 0 Å². The van der Waals surface area contributed by atoms with Crippen LogP contribution in [0.15, 0.2) is 30.6 Å². The van der Waals surface area contributed by atoms with Crippen molar-refractivity contribution in [2.24, 2.45) is 0 Å². The molecule has 2 rings (SSSR count). The minimum absolute atomic E-state index is 0.00922. The number of hydrogen-bond acceptors (Lipinski definition) is 6. The number of nitrogens with one attached hydrogen (secondary N) is 1. The van der Waals surface area contributed by atoms with Crippen LogP contribution < -0.4 is 5.32 Å². The Hall–Kier alpha value is -2.32. The second kappa shape index (κ2) is 6.91. The number of nitrogens with zero attached hydrogens (tertiary/aromatic N) is 4. The van der Waals surface area contributed by atoms with Gasteiger partial charge in [-0.25, -0.2) is 0 Å². The molecule has 1 aromatic carbocycles. The number of aliphatic hydroxyl groups is 1. The van der Waals surface area contributed by atoms with Gasteiger partial charge in [-0.15, -0.1) is 10.2 Å². The number of nitro groups is 1. The quantitative estimate of drug-likeness (QED) is 0.583. The standard InChI is InChI=1S/C13H17N5O3/c1-2-17-9-15-16-13(17)8-14-7-12(19)10-3-5-11(6-4-10)18(20)21/h3-6,9,12,14,19H,2,7-8H2,1H3. The molecule has 0 amide bonds. The monoisotopic (exact) mass is 291 g/mol. The molecule has 8 heteroatoms. The lowest BCUT2D eigenvalue weighted by atomic mass is 10.1. The first-order valence-electron chi connectivity index (χ1n) is 6.61. The van der Waals surface area contributed by atoms with Gasteiger partial charge in [-0.3, -0.25) is 10.1 Å². The number of nitro benzene ring substituents is 1. The summed E-state index contributed by atoms with van der Waals surface area (Å²) in [5, 5.41) is 31.5. The number of aryl methyl sites for hydroxylation is 1.